The molecule has 0 aromatic heterocycles. The Hall–Kier alpha value is -1.18. The fourth-order valence-electron chi connectivity index (χ4n) is 4.65. The minimum atomic E-state index is 0.670. The van der Waals surface area contributed by atoms with E-state index in [1.54, 1.807) is 0 Å². The number of nitrogens with one attached hydrogen (secondary N) is 2. The van der Waals surface area contributed by atoms with Gasteiger partial charge in [-0.2, -0.15) is 0 Å². The van der Waals surface area contributed by atoms with Crippen LogP contribution < -0.4 is 10.6 Å². The van der Waals surface area contributed by atoms with Crippen LogP contribution in [-0.4, -0.2) is 12.1 Å². The van der Waals surface area contributed by atoms with Gasteiger partial charge in [-0.1, -0.05) is 58.4 Å². The van der Waals surface area contributed by atoms with Crippen LogP contribution in [0.1, 0.15) is 89.2 Å². The molecule has 0 spiro atoms. The predicted octanol–water partition coefficient (Wildman–Crippen LogP) is 6.68. The van der Waals surface area contributed by atoms with Crippen LogP contribution in [0.4, 0.5) is 11.4 Å². The molecular formula is C23H38N2. The van der Waals surface area contributed by atoms with Crippen LogP contribution >= 0.6 is 0 Å². The Morgan fingerprint density at radius 3 is 1.96 bits per heavy atom. The quantitative estimate of drug-likeness (QED) is 0.602. The van der Waals surface area contributed by atoms with Crippen molar-refractivity contribution in [1.82, 2.24) is 0 Å². The van der Waals surface area contributed by atoms with Crippen molar-refractivity contribution in [3.8, 4) is 0 Å². The zero-order chi connectivity index (χ0) is 17.6. The van der Waals surface area contributed by atoms with Crippen molar-refractivity contribution in [3.63, 3.8) is 0 Å². The highest BCUT2D eigenvalue weighted by atomic mass is 15.0. The van der Waals surface area contributed by atoms with Crippen LogP contribution in [0.5, 0.6) is 0 Å². The molecule has 0 radical (unpaired) electrons. The summed E-state index contributed by atoms with van der Waals surface area (Å²) in [6.45, 7) is 6.97. The lowest BCUT2D eigenvalue weighted by molar-refractivity contribution is 0.461. The Morgan fingerprint density at radius 1 is 0.840 bits per heavy atom. The Labute approximate surface area is 155 Å². The van der Waals surface area contributed by atoms with E-state index in [9.17, 15) is 0 Å². The number of anilines is 2. The Kier molecular flexibility index (Phi) is 6.67. The molecule has 2 N–H and O–H groups in total. The van der Waals surface area contributed by atoms with Gasteiger partial charge in [0.1, 0.15) is 0 Å². The second-order valence-electron chi connectivity index (χ2n) is 8.83. The first-order valence-corrected chi connectivity index (χ1v) is 10.8. The smallest absolute Gasteiger partial charge is 0.0425 e. The van der Waals surface area contributed by atoms with Crippen LogP contribution in [0.25, 0.3) is 0 Å². The normalized spacial score (nSPS) is 20.0. The lowest BCUT2D eigenvalue weighted by Gasteiger charge is -2.29. The van der Waals surface area contributed by atoms with Crippen LogP contribution in [0.3, 0.4) is 0 Å². The number of benzene rings is 1. The molecule has 25 heavy (non-hydrogen) atoms. The lowest BCUT2D eigenvalue weighted by Crippen LogP contribution is -2.25. The van der Waals surface area contributed by atoms with Gasteiger partial charge in [-0.15, -0.1) is 0 Å². The summed E-state index contributed by atoms with van der Waals surface area (Å²) < 4.78 is 0. The molecule has 0 saturated heterocycles. The molecule has 0 unspecified atom stereocenters. The molecule has 2 saturated carbocycles. The third-order valence-corrected chi connectivity index (χ3v) is 6.10. The van der Waals surface area contributed by atoms with Crippen molar-refractivity contribution in [2.75, 3.05) is 10.6 Å². The molecule has 0 amide bonds. The summed E-state index contributed by atoms with van der Waals surface area (Å²) in [4.78, 5) is 0. The van der Waals surface area contributed by atoms with Gasteiger partial charge in [0.05, 0.1) is 0 Å². The molecule has 140 valence electrons. The zero-order valence-corrected chi connectivity index (χ0v) is 16.7. The molecule has 3 rings (SSSR count). The maximum absolute atomic E-state index is 3.96. The van der Waals surface area contributed by atoms with Gasteiger partial charge in [0.25, 0.3) is 0 Å². The van der Waals surface area contributed by atoms with Gasteiger partial charge in [0, 0.05) is 23.5 Å². The fraction of sp³-hybridized carbons (Fsp3) is 0.739. The van der Waals surface area contributed by atoms with Crippen LogP contribution in [-0.2, 0) is 6.42 Å². The molecule has 2 heteroatoms. The van der Waals surface area contributed by atoms with E-state index in [0.717, 1.165) is 0 Å². The number of hydrogen-bond acceptors (Lipinski definition) is 2. The van der Waals surface area contributed by atoms with E-state index >= 15 is 0 Å². The first-order chi connectivity index (χ1) is 12.1. The van der Waals surface area contributed by atoms with Crippen molar-refractivity contribution in [3.05, 3.63) is 23.3 Å². The molecular weight excluding hydrogens is 304 g/mol. The molecule has 2 fully saturated rings. The zero-order valence-electron chi connectivity index (χ0n) is 16.7. The highest BCUT2D eigenvalue weighted by Gasteiger charge is 2.19. The second-order valence-corrected chi connectivity index (χ2v) is 8.83. The van der Waals surface area contributed by atoms with Crippen molar-refractivity contribution < 1.29 is 0 Å². The Balaban J connectivity index is 1.80. The lowest BCUT2D eigenvalue weighted by atomic mass is 9.92. The third kappa shape index (κ3) is 5.15. The molecule has 0 bridgehead atoms. The molecule has 0 aliphatic heterocycles. The van der Waals surface area contributed by atoms with Crippen LogP contribution in [0, 0.1) is 12.8 Å². The summed E-state index contributed by atoms with van der Waals surface area (Å²) in [7, 11) is 0. The highest BCUT2D eigenvalue weighted by Crippen LogP contribution is 2.33. The summed E-state index contributed by atoms with van der Waals surface area (Å²) in [5, 5.41) is 7.83. The van der Waals surface area contributed by atoms with E-state index in [1.165, 1.54) is 93.1 Å². The Bertz CT molecular complexity index is 537. The monoisotopic (exact) mass is 342 g/mol. The second kappa shape index (κ2) is 8.96. The first kappa shape index (κ1) is 18.6. The minimum Gasteiger partial charge on any atom is -0.382 e. The van der Waals surface area contributed by atoms with Crippen LogP contribution in [0.2, 0.25) is 0 Å². The number of hydrogen-bond donors (Lipinski definition) is 2. The van der Waals surface area contributed by atoms with Crippen molar-refractivity contribution >= 4 is 11.4 Å². The van der Waals surface area contributed by atoms with Gasteiger partial charge in [0.2, 0.25) is 0 Å². The summed E-state index contributed by atoms with van der Waals surface area (Å²) in [6.07, 6.45) is 14.9. The average molecular weight is 343 g/mol. The van der Waals surface area contributed by atoms with Gasteiger partial charge >= 0.3 is 0 Å². The maximum atomic E-state index is 3.96. The Morgan fingerprint density at radius 2 is 1.40 bits per heavy atom. The van der Waals surface area contributed by atoms with E-state index in [0.29, 0.717) is 18.0 Å². The number of rotatable bonds is 6. The minimum absolute atomic E-state index is 0.670. The van der Waals surface area contributed by atoms with Crippen LogP contribution in [0.15, 0.2) is 12.1 Å². The van der Waals surface area contributed by atoms with Crippen molar-refractivity contribution in [1.29, 1.82) is 0 Å². The summed E-state index contributed by atoms with van der Waals surface area (Å²) in [6, 6.07) is 6.06. The van der Waals surface area contributed by atoms with E-state index in [1.807, 2.05) is 0 Å². The van der Waals surface area contributed by atoms with E-state index in [4.69, 9.17) is 0 Å². The summed E-state index contributed by atoms with van der Waals surface area (Å²) >= 11 is 0. The molecule has 2 aliphatic carbocycles. The topological polar surface area (TPSA) is 24.1 Å². The largest absolute Gasteiger partial charge is 0.382 e. The SMILES string of the molecule is Cc1c(NC2CCCCC2)ccc(CC(C)C)c1NC1CCCCC1. The molecule has 2 aliphatic rings. The van der Waals surface area contributed by atoms with Crippen molar-refractivity contribution in [2.24, 2.45) is 5.92 Å². The highest BCUT2D eigenvalue weighted by molar-refractivity contribution is 5.69. The first-order valence-electron chi connectivity index (χ1n) is 10.8. The van der Waals surface area contributed by atoms with E-state index < -0.39 is 0 Å². The average Bonchev–Trinajstić information content (AvgIpc) is 2.62. The molecule has 1 aromatic carbocycles. The van der Waals surface area contributed by atoms with Gasteiger partial charge in [-0.05, 0) is 62.1 Å². The maximum Gasteiger partial charge on any atom is 0.0425 e. The van der Waals surface area contributed by atoms with Gasteiger partial charge in [-0.25, -0.2) is 0 Å². The third-order valence-electron chi connectivity index (χ3n) is 6.10. The van der Waals surface area contributed by atoms with Gasteiger partial charge in [-0.3, -0.25) is 0 Å². The van der Waals surface area contributed by atoms with Gasteiger partial charge in [0.15, 0.2) is 0 Å². The molecule has 1 aromatic rings. The summed E-state index contributed by atoms with van der Waals surface area (Å²) in [5.74, 6) is 0.698. The van der Waals surface area contributed by atoms with E-state index in [2.05, 4.69) is 43.5 Å². The molecule has 2 nitrogen and oxygen atoms in total. The standard InChI is InChI=1S/C23H38N2/c1-17(2)16-19-14-15-22(24-20-10-6-4-7-11-20)18(3)23(19)25-21-12-8-5-9-13-21/h14-15,17,20-21,24-25H,4-13,16H2,1-3H3. The van der Waals surface area contributed by atoms with Gasteiger partial charge < -0.3 is 10.6 Å². The van der Waals surface area contributed by atoms with Crippen molar-refractivity contribution in [2.45, 2.75) is 103 Å². The van der Waals surface area contributed by atoms with E-state index in [-0.39, 0.29) is 0 Å². The molecule has 0 heterocycles. The predicted molar refractivity (Wildman–Crippen MR) is 111 cm³/mol. The molecule has 0 atom stereocenters. The fourth-order valence-corrected chi connectivity index (χ4v) is 4.65. The summed E-state index contributed by atoms with van der Waals surface area (Å²) in [5.41, 5.74) is 5.74.